The maximum atomic E-state index is 14.4. The van der Waals surface area contributed by atoms with Crippen molar-refractivity contribution in [3.8, 4) is 23.0 Å². The fourth-order valence-electron chi connectivity index (χ4n) is 5.16. The number of carbonyl (C=O) groups excluding carboxylic acids is 1. The zero-order valence-electron chi connectivity index (χ0n) is 23.6. The normalized spacial score (nSPS) is 14.4. The minimum absolute atomic E-state index is 0.00155. The van der Waals surface area contributed by atoms with Crippen LogP contribution in [0.3, 0.4) is 0 Å². The molecular formula is C32H30ClF3NO6+. The Balaban J connectivity index is 1.64. The number of hydrogen-bond donors (Lipinski definition) is 1. The van der Waals surface area contributed by atoms with Gasteiger partial charge in [0.15, 0.2) is 5.58 Å². The Kier molecular flexibility index (Phi) is 8.98. The first-order valence-corrected chi connectivity index (χ1v) is 14.3. The summed E-state index contributed by atoms with van der Waals surface area (Å²) in [6.07, 6.45) is -1.08. The van der Waals surface area contributed by atoms with Crippen LogP contribution in [0.5, 0.6) is 23.0 Å². The average Bonchev–Trinajstić information content (AvgIpc) is 3.25. The molecule has 43 heavy (non-hydrogen) atoms. The first-order valence-electron chi connectivity index (χ1n) is 13.9. The number of hydrogen-bond acceptors (Lipinski definition) is 6. The minimum atomic E-state index is -5.06. The van der Waals surface area contributed by atoms with Gasteiger partial charge in [0.05, 0.1) is 36.7 Å². The topological polar surface area (TPSA) is 79.4 Å². The summed E-state index contributed by atoms with van der Waals surface area (Å²) in [7, 11) is 1.50. The predicted octanol–water partition coefficient (Wildman–Crippen LogP) is 6.75. The largest absolute Gasteiger partial charge is 0.497 e. The molecule has 1 saturated heterocycles. The number of carbonyl (C=O) groups is 1. The molecule has 1 aliphatic heterocycles. The van der Waals surface area contributed by atoms with Crippen LogP contribution in [0.25, 0.3) is 11.0 Å². The summed E-state index contributed by atoms with van der Waals surface area (Å²) in [6.45, 7) is 3.40. The van der Waals surface area contributed by atoms with E-state index in [4.69, 9.17) is 30.2 Å². The van der Waals surface area contributed by atoms with E-state index in [0.29, 0.717) is 16.3 Å². The highest BCUT2D eigenvalue weighted by molar-refractivity contribution is 6.31. The van der Waals surface area contributed by atoms with Gasteiger partial charge in [-0.2, -0.15) is 13.2 Å². The Morgan fingerprint density at radius 3 is 2.28 bits per heavy atom. The second-order valence-corrected chi connectivity index (χ2v) is 10.9. The number of halogens is 4. The molecule has 1 N–H and O–H groups in total. The van der Waals surface area contributed by atoms with Gasteiger partial charge in [0, 0.05) is 5.02 Å². The molecule has 0 aliphatic carbocycles. The Bertz CT molecular complexity index is 1690. The van der Waals surface area contributed by atoms with Gasteiger partial charge >= 0.3 is 12.1 Å². The summed E-state index contributed by atoms with van der Waals surface area (Å²) in [5.74, 6) is -2.73. The lowest BCUT2D eigenvalue weighted by molar-refractivity contribution is -0.913. The number of alkyl halides is 3. The zero-order valence-corrected chi connectivity index (χ0v) is 24.4. The second kappa shape index (κ2) is 12.7. The molecule has 1 aliphatic rings. The zero-order chi connectivity index (χ0) is 30.7. The van der Waals surface area contributed by atoms with Crippen molar-refractivity contribution in [3.05, 3.63) is 92.3 Å². The maximum Gasteiger partial charge on any atom is 0.453 e. The maximum absolute atomic E-state index is 14.4. The number of benzene rings is 3. The lowest BCUT2D eigenvalue weighted by Gasteiger charge is -2.20. The molecule has 0 amide bonds. The number of rotatable bonds is 7. The number of likely N-dealkylation sites (tertiary alicyclic amines) is 1. The van der Waals surface area contributed by atoms with E-state index in [1.54, 1.807) is 19.1 Å². The number of aryl methyl sites for hydroxylation is 1. The Morgan fingerprint density at radius 1 is 0.977 bits per heavy atom. The standard InChI is InChI=1S/C32H29ClF3NO6/c1-19-17-22(11-13-25(19)33)41-29-27(38)23-12-14-26(42-31(39)20-7-9-21(40-2)10-8-20)24(18-37-15-5-3-4-6-16-37)28(23)43-30(29)32(34,35)36/h7-14,17H,3-6,15-16,18H2,1-2H3/p+1. The smallest absolute Gasteiger partial charge is 0.453 e. The van der Waals surface area contributed by atoms with E-state index in [9.17, 15) is 22.8 Å². The van der Waals surface area contributed by atoms with Crippen molar-refractivity contribution < 1.29 is 41.5 Å². The van der Waals surface area contributed by atoms with E-state index < -0.39 is 29.1 Å². The number of fused-ring (bicyclic) bond motifs is 1. The summed E-state index contributed by atoms with van der Waals surface area (Å²) < 4.78 is 65.1. The summed E-state index contributed by atoms with van der Waals surface area (Å²) >= 11 is 6.05. The molecule has 11 heteroatoms. The third kappa shape index (κ3) is 6.81. The molecule has 1 aromatic heterocycles. The molecule has 5 rings (SSSR count). The third-order valence-electron chi connectivity index (χ3n) is 7.45. The van der Waals surface area contributed by atoms with E-state index in [1.807, 2.05) is 0 Å². The van der Waals surface area contributed by atoms with Crippen LogP contribution in [0.2, 0.25) is 5.02 Å². The van der Waals surface area contributed by atoms with Gasteiger partial charge in [0.2, 0.25) is 11.2 Å². The number of esters is 1. The highest BCUT2D eigenvalue weighted by atomic mass is 35.5. The Morgan fingerprint density at radius 2 is 1.65 bits per heavy atom. The van der Waals surface area contributed by atoms with Crippen LogP contribution >= 0.6 is 11.6 Å². The number of methoxy groups -OCH3 is 1. The van der Waals surface area contributed by atoms with Crippen LogP contribution in [-0.2, 0) is 12.7 Å². The number of quaternary nitrogens is 1. The highest BCUT2D eigenvalue weighted by Gasteiger charge is 2.41. The van der Waals surface area contributed by atoms with Gasteiger partial charge in [-0.3, -0.25) is 4.79 Å². The molecule has 0 radical (unpaired) electrons. The van der Waals surface area contributed by atoms with Crippen molar-refractivity contribution in [2.24, 2.45) is 0 Å². The van der Waals surface area contributed by atoms with E-state index in [-0.39, 0.29) is 40.1 Å². The average molecular weight is 617 g/mol. The van der Waals surface area contributed by atoms with Crippen LogP contribution in [0.4, 0.5) is 13.2 Å². The Hall–Kier alpha value is -4.02. The van der Waals surface area contributed by atoms with Crippen molar-refractivity contribution in [3.63, 3.8) is 0 Å². The van der Waals surface area contributed by atoms with Crippen molar-refractivity contribution >= 4 is 28.5 Å². The molecule has 0 spiro atoms. The molecule has 7 nitrogen and oxygen atoms in total. The molecule has 0 bridgehead atoms. The molecule has 1 fully saturated rings. The van der Waals surface area contributed by atoms with E-state index >= 15 is 0 Å². The lowest BCUT2D eigenvalue weighted by Crippen LogP contribution is -3.10. The number of nitrogens with one attached hydrogen (secondary N) is 1. The van der Waals surface area contributed by atoms with Gasteiger partial charge in [-0.1, -0.05) is 11.6 Å². The predicted molar refractivity (Wildman–Crippen MR) is 155 cm³/mol. The minimum Gasteiger partial charge on any atom is -0.497 e. The molecule has 0 saturated carbocycles. The third-order valence-corrected chi connectivity index (χ3v) is 7.88. The van der Waals surface area contributed by atoms with Gasteiger partial charge < -0.3 is 23.5 Å². The van der Waals surface area contributed by atoms with Crippen molar-refractivity contribution in [2.45, 2.75) is 45.3 Å². The van der Waals surface area contributed by atoms with Gasteiger partial charge in [0.1, 0.15) is 23.8 Å². The quantitative estimate of drug-likeness (QED) is 0.183. The van der Waals surface area contributed by atoms with E-state index in [1.165, 1.54) is 49.6 Å². The van der Waals surface area contributed by atoms with Crippen molar-refractivity contribution in [1.82, 2.24) is 0 Å². The summed E-state index contributed by atoms with van der Waals surface area (Å²) in [6, 6.07) is 13.2. The molecule has 2 heterocycles. The first kappa shape index (κ1) is 30.4. The van der Waals surface area contributed by atoms with Gasteiger partial charge in [-0.25, -0.2) is 4.79 Å². The first-order chi connectivity index (χ1) is 20.5. The van der Waals surface area contributed by atoms with Crippen LogP contribution in [0, 0.1) is 6.92 Å². The fraction of sp³-hybridized carbons (Fsp3) is 0.312. The molecule has 3 aromatic carbocycles. The summed E-state index contributed by atoms with van der Waals surface area (Å²) in [5, 5.41) is 0.272. The summed E-state index contributed by atoms with van der Waals surface area (Å²) in [5.41, 5.74) is -0.319. The molecule has 0 unspecified atom stereocenters. The Labute approximate surface area is 250 Å². The van der Waals surface area contributed by atoms with Crippen molar-refractivity contribution in [2.75, 3.05) is 20.2 Å². The van der Waals surface area contributed by atoms with E-state index in [0.717, 1.165) is 43.7 Å². The number of ether oxygens (including phenoxy) is 3. The van der Waals surface area contributed by atoms with Gasteiger partial charge in [0.25, 0.3) is 5.76 Å². The van der Waals surface area contributed by atoms with Crippen LogP contribution in [-0.4, -0.2) is 26.2 Å². The van der Waals surface area contributed by atoms with Gasteiger partial charge in [-0.05, 0) is 92.8 Å². The van der Waals surface area contributed by atoms with E-state index in [2.05, 4.69) is 0 Å². The molecule has 4 aromatic rings. The van der Waals surface area contributed by atoms with Gasteiger partial charge in [-0.15, -0.1) is 0 Å². The van der Waals surface area contributed by atoms with Crippen LogP contribution < -0.4 is 24.5 Å². The molecule has 0 atom stereocenters. The fourth-order valence-corrected chi connectivity index (χ4v) is 5.28. The van der Waals surface area contributed by atoms with Crippen LogP contribution in [0.1, 0.15) is 52.9 Å². The molecular weight excluding hydrogens is 587 g/mol. The lowest BCUT2D eigenvalue weighted by atomic mass is 10.1. The summed E-state index contributed by atoms with van der Waals surface area (Å²) in [4.78, 5) is 27.8. The second-order valence-electron chi connectivity index (χ2n) is 10.5. The SMILES string of the molecule is COc1ccc(C(=O)Oc2ccc3c(=O)c(Oc4ccc(Cl)c(C)c4)c(C(F)(F)F)oc3c2C[NH+]2CCCCCC2)cc1. The monoisotopic (exact) mass is 616 g/mol. The van der Waals surface area contributed by atoms with Crippen LogP contribution in [0.15, 0.2) is 63.8 Å². The molecule has 226 valence electrons. The highest BCUT2D eigenvalue weighted by Crippen LogP contribution is 2.40. The van der Waals surface area contributed by atoms with Crippen molar-refractivity contribution in [1.29, 1.82) is 0 Å².